The van der Waals surface area contributed by atoms with Gasteiger partial charge in [-0.05, 0) is 31.2 Å². The predicted octanol–water partition coefficient (Wildman–Crippen LogP) is 1.06. The molecule has 0 unspecified atom stereocenters. The standard InChI is InChI=1S/C16H15N3O5S/c1-10-3-5-11(6-4-10)15(20)17-18-25(22,23)12-7-8-13-14(9-12)24-16(21)19(13)2/h3-9,18H,1-2H3,(H,17,20). The molecule has 0 saturated carbocycles. The van der Waals surface area contributed by atoms with E-state index in [-0.39, 0.29) is 10.5 Å². The van der Waals surface area contributed by atoms with Crippen LogP contribution in [0.2, 0.25) is 0 Å². The van der Waals surface area contributed by atoms with Crippen LogP contribution in [0.1, 0.15) is 15.9 Å². The predicted molar refractivity (Wildman–Crippen MR) is 90.4 cm³/mol. The number of carbonyl (C=O) groups excluding carboxylic acids is 1. The first-order valence-electron chi connectivity index (χ1n) is 7.26. The topological polar surface area (TPSA) is 110 Å². The summed E-state index contributed by atoms with van der Waals surface area (Å²) in [4.78, 5) is 25.3. The van der Waals surface area contributed by atoms with Crippen molar-refractivity contribution in [2.75, 3.05) is 0 Å². The molecule has 0 spiro atoms. The van der Waals surface area contributed by atoms with Crippen molar-refractivity contribution in [2.24, 2.45) is 7.05 Å². The van der Waals surface area contributed by atoms with Crippen molar-refractivity contribution in [3.8, 4) is 0 Å². The van der Waals surface area contributed by atoms with Crippen molar-refractivity contribution in [3.63, 3.8) is 0 Å². The number of rotatable bonds is 4. The molecule has 1 amide bonds. The van der Waals surface area contributed by atoms with Gasteiger partial charge in [-0.15, -0.1) is 4.83 Å². The van der Waals surface area contributed by atoms with Crippen molar-refractivity contribution in [1.29, 1.82) is 0 Å². The van der Waals surface area contributed by atoms with E-state index >= 15 is 0 Å². The molecule has 9 heteroatoms. The van der Waals surface area contributed by atoms with E-state index in [1.807, 2.05) is 11.8 Å². The van der Waals surface area contributed by atoms with Crippen molar-refractivity contribution in [3.05, 3.63) is 64.1 Å². The summed E-state index contributed by atoms with van der Waals surface area (Å²) in [6.07, 6.45) is 0. The highest BCUT2D eigenvalue weighted by Crippen LogP contribution is 2.17. The number of fused-ring (bicyclic) bond motifs is 1. The van der Waals surface area contributed by atoms with Gasteiger partial charge in [0, 0.05) is 18.7 Å². The Labute approximate surface area is 143 Å². The molecule has 0 fully saturated rings. The van der Waals surface area contributed by atoms with Crippen LogP contribution in [-0.4, -0.2) is 18.9 Å². The molecule has 0 aliphatic rings. The SMILES string of the molecule is Cc1ccc(C(=O)NNS(=O)(=O)c2ccc3c(c2)oc(=O)n3C)cc1. The van der Waals surface area contributed by atoms with Gasteiger partial charge in [-0.25, -0.2) is 13.2 Å². The molecule has 2 aromatic carbocycles. The van der Waals surface area contributed by atoms with Crippen LogP contribution < -0.4 is 16.0 Å². The number of hydrogen-bond acceptors (Lipinski definition) is 5. The molecule has 3 aromatic rings. The first-order valence-corrected chi connectivity index (χ1v) is 8.75. The number of amides is 1. The lowest BCUT2D eigenvalue weighted by molar-refractivity contribution is 0.0945. The molecular weight excluding hydrogens is 346 g/mol. The Hall–Kier alpha value is -2.91. The van der Waals surface area contributed by atoms with Gasteiger partial charge in [0.2, 0.25) is 0 Å². The summed E-state index contributed by atoms with van der Waals surface area (Å²) in [5.41, 5.74) is 4.05. The average molecular weight is 361 g/mol. The van der Waals surface area contributed by atoms with E-state index in [2.05, 4.69) is 5.43 Å². The zero-order chi connectivity index (χ0) is 18.2. The normalized spacial score (nSPS) is 11.6. The molecule has 1 heterocycles. The number of aryl methyl sites for hydroxylation is 2. The lowest BCUT2D eigenvalue weighted by Crippen LogP contribution is -2.41. The Morgan fingerprint density at radius 1 is 1.12 bits per heavy atom. The molecule has 8 nitrogen and oxygen atoms in total. The smallest absolute Gasteiger partial charge is 0.408 e. The van der Waals surface area contributed by atoms with Crippen molar-refractivity contribution < 1.29 is 17.6 Å². The van der Waals surface area contributed by atoms with Crippen LogP contribution >= 0.6 is 0 Å². The van der Waals surface area contributed by atoms with Gasteiger partial charge in [0.25, 0.3) is 15.9 Å². The number of benzene rings is 2. The number of oxazole rings is 1. The number of nitrogens with zero attached hydrogens (tertiary/aromatic N) is 1. The van der Waals surface area contributed by atoms with Gasteiger partial charge < -0.3 is 4.42 Å². The second-order valence-corrected chi connectivity index (χ2v) is 7.16. The second kappa shape index (κ2) is 6.19. The number of hydrogen-bond donors (Lipinski definition) is 2. The summed E-state index contributed by atoms with van der Waals surface area (Å²) in [5, 5.41) is 0. The number of sulfonamides is 1. The van der Waals surface area contributed by atoms with Crippen LogP contribution in [0.25, 0.3) is 11.1 Å². The summed E-state index contributed by atoms with van der Waals surface area (Å²) in [7, 11) is -2.50. The zero-order valence-electron chi connectivity index (χ0n) is 13.4. The second-order valence-electron chi connectivity index (χ2n) is 5.48. The Morgan fingerprint density at radius 2 is 1.80 bits per heavy atom. The highest BCUT2D eigenvalue weighted by molar-refractivity contribution is 7.89. The maximum atomic E-state index is 12.3. The molecule has 2 N–H and O–H groups in total. The van der Waals surface area contributed by atoms with Crippen molar-refractivity contribution in [1.82, 2.24) is 14.8 Å². The fourth-order valence-electron chi connectivity index (χ4n) is 2.23. The minimum atomic E-state index is -4.02. The number of hydrazine groups is 1. The van der Waals surface area contributed by atoms with E-state index in [9.17, 15) is 18.0 Å². The minimum Gasteiger partial charge on any atom is -0.408 e. The molecular formula is C16H15N3O5S. The first-order chi connectivity index (χ1) is 11.8. The third-order valence-corrected chi connectivity index (χ3v) is 4.93. The van der Waals surface area contributed by atoms with Gasteiger partial charge in [-0.2, -0.15) is 0 Å². The zero-order valence-corrected chi connectivity index (χ0v) is 14.3. The lowest BCUT2D eigenvalue weighted by atomic mass is 10.1. The number of carbonyl (C=O) groups is 1. The van der Waals surface area contributed by atoms with Crippen LogP contribution in [0.15, 0.2) is 56.6 Å². The molecule has 130 valence electrons. The molecule has 0 radical (unpaired) electrons. The van der Waals surface area contributed by atoms with Gasteiger partial charge >= 0.3 is 5.76 Å². The van der Waals surface area contributed by atoms with Gasteiger partial charge in [0.1, 0.15) is 0 Å². The van der Waals surface area contributed by atoms with E-state index in [0.717, 1.165) is 5.56 Å². The van der Waals surface area contributed by atoms with E-state index < -0.39 is 21.7 Å². The Morgan fingerprint density at radius 3 is 2.48 bits per heavy atom. The van der Waals surface area contributed by atoms with Crippen molar-refractivity contribution >= 4 is 27.0 Å². The van der Waals surface area contributed by atoms with Crippen LogP contribution in [0.3, 0.4) is 0 Å². The highest BCUT2D eigenvalue weighted by Gasteiger charge is 2.18. The first kappa shape index (κ1) is 16.9. The fourth-order valence-corrected chi connectivity index (χ4v) is 3.09. The van der Waals surface area contributed by atoms with E-state index in [1.54, 1.807) is 24.3 Å². The summed E-state index contributed by atoms with van der Waals surface area (Å²) in [6.45, 7) is 1.88. The number of aromatic nitrogens is 1. The Bertz CT molecular complexity index is 1110. The highest BCUT2D eigenvalue weighted by atomic mass is 32.2. The molecule has 1 aromatic heterocycles. The third-order valence-electron chi connectivity index (χ3n) is 3.69. The van der Waals surface area contributed by atoms with Crippen molar-refractivity contribution in [2.45, 2.75) is 11.8 Å². The summed E-state index contributed by atoms with van der Waals surface area (Å²) in [5.74, 6) is -1.18. The summed E-state index contributed by atoms with van der Waals surface area (Å²) < 4.78 is 30.8. The molecule has 0 aliphatic carbocycles. The summed E-state index contributed by atoms with van der Waals surface area (Å²) >= 11 is 0. The minimum absolute atomic E-state index is 0.139. The van der Waals surface area contributed by atoms with Gasteiger partial charge in [0.05, 0.1) is 10.4 Å². The lowest BCUT2D eigenvalue weighted by Gasteiger charge is -2.08. The van der Waals surface area contributed by atoms with Gasteiger partial charge in [0.15, 0.2) is 5.58 Å². The molecule has 3 rings (SSSR count). The molecule has 0 aliphatic heterocycles. The van der Waals surface area contributed by atoms with E-state index in [0.29, 0.717) is 11.1 Å². The maximum absolute atomic E-state index is 12.3. The molecule has 25 heavy (non-hydrogen) atoms. The van der Waals surface area contributed by atoms with Gasteiger partial charge in [-0.1, -0.05) is 17.7 Å². The molecule has 0 atom stereocenters. The third kappa shape index (κ3) is 3.32. The summed E-state index contributed by atoms with van der Waals surface area (Å²) in [6, 6.07) is 10.7. The number of nitrogens with one attached hydrogen (secondary N) is 2. The molecule has 0 bridgehead atoms. The monoisotopic (exact) mass is 361 g/mol. The Balaban J connectivity index is 1.81. The average Bonchev–Trinajstić information content (AvgIpc) is 2.87. The van der Waals surface area contributed by atoms with E-state index in [1.165, 1.54) is 29.8 Å². The van der Waals surface area contributed by atoms with Crippen LogP contribution in [0.4, 0.5) is 0 Å². The maximum Gasteiger partial charge on any atom is 0.419 e. The van der Waals surface area contributed by atoms with Crippen LogP contribution in [0, 0.1) is 6.92 Å². The fraction of sp³-hybridized carbons (Fsp3) is 0.125. The Kier molecular flexibility index (Phi) is 4.19. The quantitative estimate of drug-likeness (QED) is 0.675. The molecule has 0 saturated heterocycles. The van der Waals surface area contributed by atoms with Crippen LogP contribution in [0.5, 0.6) is 0 Å². The van der Waals surface area contributed by atoms with Gasteiger partial charge in [-0.3, -0.25) is 14.8 Å². The van der Waals surface area contributed by atoms with Crippen LogP contribution in [-0.2, 0) is 17.1 Å². The largest absolute Gasteiger partial charge is 0.419 e. The van der Waals surface area contributed by atoms with E-state index in [4.69, 9.17) is 4.42 Å².